The van der Waals surface area contributed by atoms with Gasteiger partial charge in [-0.05, 0) is 81.2 Å². The Labute approximate surface area is 250 Å². The number of ether oxygens (including phenoxy) is 1. The summed E-state index contributed by atoms with van der Waals surface area (Å²) < 4.78 is 6.56. The van der Waals surface area contributed by atoms with Gasteiger partial charge >= 0.3 is 0 Å². The van der Waals surface area contributed by atoms with Crippen molar-refractivity contribution in [1.29, 1.82) is 5.26 Å². The number of carbonyl (C=O) groups is 1. The molecule has 6 rings (SSSR count). The van der Waals surface area contributed by atoms with Crippen molar-refractivity contribution >= 4 is 17.5 Å². The fraction of sp³-hybridized carbons (Fsp3) is 0.688. The number of piperazine rings is 1. The minimum atomic E-state index is -0.252. The first kappa shape index (κ1) is 29.1. The first-order valence-corrected chi connectivity index (χ1v) is 15.9. The number of fused-ring (bicyclic) bond motifs is 2. The molecule has 4 fully saturated rings. The van der Waals surface area contributed by atoms with Gasteiger partial charge in [-0.2, -0.15) is 5.26 Å². The van der Waals surface area contributed by atoms with E-state index in [2.05, 4.69) is 64.4 Å². The maximum Gasteiger partial charge on any atom is 0.246 e. The van der Waals surface area contributed by atoms with E-state index in [1.807, 2.05) is 4.90 Å². The van der Waals surface area contributed by atoms with Gasteiger partial charge in [0.25, 0.3) is 0 Å². The number of rotatable bonds is 6. The summed E-state index contributed by atoms with van der Waals surface area (Å²) in [5, 5.41) is 17.4. The molecular weight excluding hydrogens is 536 g/mol. The number of halogens is 1. The summed E-state index contributed by atoms with van der Waals surface area (Å²) >= 11 is 7.24. The molecule has 0 bridgehead atoms. The molecule has 9 heteroatoms. The lowest BCUT2D eigenvalue weighted by Crippen LogP contribution is -2.73. The molecule has 7 unspecified atom stereocenters. The van der Waals surface area contributed by atoms with Gasteiger partial charge in [-0.1, -0.05) is 30.8 Å². The molecule has 2 N–H and O–H groups in total. The Balaban J connectivity index is 1.22. The Hall–Kier alpha value is -1.99. The Kier molecular flexibility index (Phi) is 8.74. The van der Waals surface area contributed by atoms with Crippen molar-refractivity contribution in [2.75, 3.05) is 39.8 Å². The zero-order chi connectivity index (χ0) is 28.6. The third-order valence-corrected chi connectivity index (χ3v) is 11.4. The summed E-state index contributed by atoms with van der Waals surface area (Å²) in [6, 6.07) is 11.7. The van der Waals surface area contributed by atoms with E-state index in [-0.39, 0.29) is 41.3 Å². The molecule has 3 heterocycles. The molecule has 5 aliphatic rings. The summed E-state index contributed by atoms with van der Waals surface area (Å²) in [6.07, 6.45) is 9.10. The molecule has 3 aliphatic heterocycles. The molecular formula is C32H45ClN6O2. The van der Waals surface area contributed by atoms with Gasteiger partial charge in [0.15, 0.2) is 6.35 Å². The number of hydrogen-bond acceptors (Lipinski definition) is 7. The highest BCUT2D eigenvalue weighted by atomic mass is 35.5. The van der Waals surface area contributed by atoms with E-state index in [0.29, 0.717) is 38.1 Å². The zero-order valence-electron chi connectivity index (χ0n) is 24.3. The van der Waals surface area contributed by atoms with Crippen molar-refractivity contribution in [2.24, 2.45) is 11.3 Å². The first-order valence-electron chi connectivity index (χ1n) is 15.5. The van der Waals surface area contributed by atoms with Crippen molar-refractivity contribution in [3.63, 3.8) is 0 Å². The van der Waals surface area contributed by atoms with Gasteiger partial charge in [-0.25, -0.2) is 0 Å². The molecule has 3 saturated heterocycles. The van der Waals surface area contributed by atoms with Gasteiger partial charge < -0.3 is 14.5 Å². The lowest BCUT2D eigenvalue weighted by atomic mass is 9.59. The van der Waals surface area contributed by atoms with E-state index < -0.39 is 0 Å². The molecule has 0 radical (unpaired) electrons. The van der Waals surface area contributed by atoms with Crippen molar-refractivity contribution in [3.05, 3.63) is 48.0 Å². The summed E-state index contributed by atoms with van der Waals surface area (Å²) in [6.45, 7) is 7.54. The van der Waals surface area contributed by atoms with Crippen molar-refractivity contribution in [3.8, 4) is 6.07 Å². The van der Waals surface area contributed by atoms with E-state index in [1.54, 1.807) is 0 Å². The van der Waals surface area contributed by atoms with Crippen molar-refractivity contribution < 1.29 is 9.53 Å². The third-order valence-electron chi connectivity index (χ3n) is 10.8. The van der Waals surface area contributed by atoms with Gasteiger partial charge in [0.05, 0.1) is 31.3 Å². The SMILES string of the molecule is C=CC(=O)N1CCN(C2NC(OCC3CCCN3C)NC3C[C@]4(CCC32)Cc2ccccc2CC4Cl)CC1CC#N. The second kappa shape index (κ2) is 12.3. The normalized spacial score (nSPS) is 37.8. The van der Waals surface area contributed by atoms with Crippen LogP contribution >= 0.6 is 11.6 Å². The number of alkyl halides is 1. The first-order chi connectivity index (χ1) is 19.9. The maximum absolute atomic E-state index is 12.6. The van der Waals surface area contributed by atoms with Crippen LogP contribution in [-0.4, -0.2) is 96.5 Å². The number of hydrogen-bond donors (Lipinski definition) is 2. The van der Waals surface area contributed by atoms with Crippen LogP contribution in [0.2, 0.25) is 0 Å². The molecule has 1 aromatic carbocycles. The Bertz CT molecular complexity index is 1160. The van der Waals surface area contributed by atoms with Gasteiger partial charge in [0.1, 0.15) is 0 Å². The fourth-order valence-corrected chi connectivity index (χ4v) is 8.83. The van der Waals surface area contributed by atoms with Crippen LogP contribution in [0.25, 0.3) is 0 Å². The number of likely N-dealkylation sites (tertiary alicyclic amines) is 1. The predicted octanol–water partition coefficient (Wildman–Crippen LogP) is 3.07. The van der Waals surface area contributed by atoms with Crippen LogP contribution in [0, 0.1) is 22.7 Å². The number of nitrogens with one attached hydrogen (secondary N) is 2. The molecule has 41 heavy (non-hydrogen) atoms. The molecule has 0 aromatic heterocycles. The molecule has 8 atom stereocenters. The lowest BCUT2D eigenvalue weighted by Gasteiger charge is -2.57. The zero-order valence-corrected chi connectivity index (χ0v) is 25.1. The second-order valence-electron chi connectivity index (χ2n) is 13.0. The van der Waals surface area contributed by atoms with Gasteiger partial charge in [-0.3, -0.25) is 20.3 Å². The third kappa shape index (κ3) is 5.82. The number of benzene rings is 1. The molecule has 1 spiro atoms. The highest BCUT2D eigenvalue weighted by Gasteiger charge is 2.52. The minimum absolute atomic E-state index is 0.0700. The highest BCUT2D eigenvalue weighted by molar-refractivity contribution is 6.21. The van der Waals surface area contributed by atoms with Crippen LogP contribution in [0.4, 0.5) is 0 Å². The van der Waals surface area contributed by atoms with E-state index in [4.69, 9.17) is 16.3 Å². The molecule has 2 aliphatic carbocycles. The van der Waals surface area contributed by atoms with Crippen LogP contribution in [0.3, 0.4) is 0 Å². The van der Waals surface area contributed by atoms with Gasteiger partial charge in [0.2, 0.25) is 5.91 Å². The number of nitrogens with zero attached hydrogens (tertiary/aromatic N) is 4. The maximum atomic E-state index is 12.6. The fourth-order valence-electron chi connectivity index (χ4n) is 8.39. The number of nitriles is 1. The molecule has 222 valence electrons. The largest absolute Gasteiger partial charge is 0.348 e. The molecule has 1 saturated carbocycles. The number of amides is 1. The van der Waals surface area contributed by atoms with Gasteiger partial charge in [-0.15, -0.1) is 11.6 Å². The molecule has 1 aromatic rings. The standard InChI is InChI=1S/C32H45ClN6O2/c1-3-29(40)39-16-15-38(20-24(39)11-13-34)30-26-10-12-32(18-23-8-5-4-7-22(23)17-28(32)33)19-27(26)35-31(36-30)41-21-25-9-6-14-37(25)2/h3-5,7-8,24-28,30-31,35-36H,1,6,9-12,14-21H2,2H3/t24?,25?,26?,27?,28?,30?,31?,32-/m0/s1. The summed E-state index contributed by atoms with van der Waals surface area (Å²) in [4.78, 5) is 19.3. The molecule has 8 nitrogen and oxygen atoms in total. The predicted molar refractivity (Wildman–Crippen MR) is 160 cm³/mol. The average Bonchev–Trinajstić information content (AvgIpc) is 3.40. The van der Waals surface area contributed by atoms with Crippen LogP contribution in [0.1, 0.15) is 49.7 Å². The summed E-state index contributed by atoms with van der Waals surface area (Å²) in [5.74, 6) is 0.299. The Morgan fingerprint density at radius 1 is 1.22 bits per heavy atom. The van der Waals surface area contributed by atoms with E-state index >= 15 is 0 Å². The average molecular weight is 581 g/mol. The number of carbonyl (C=O) groups excluding carboxylic acids is 1. The van der Waals surface area contributed by atoms with Gasteiger partial charge in [0, 0.05) is 43.0 Å². The molecule has 1 amide bonds. The Morgan fingerprint density at radius 3 is 2.80 bits per heavy atom. The number of likely N-dealkylation sites (N-methyl/N-ethyl adjacent to an activating group) is 1. The van der Waals surface area contributed by atoms with E-state index in [9.17, 15) is 10.1 Å². The second-order valence-corrected chi connectivity index (χ2v) is 13.5. The van der Waals surface area contributed by atoms with Crippen molar-refractivity contribution in [1.82, 2.24) is 25.3 Å². The minimum Gasteiger partial charge on any atom is -0.348 e. The lowest BCUT2D eigenvalue weighted by molar-refractivity contribution is -0.137. The topological polar surface area (TPSA) is 83.9 Å². The van der Waals surface area contributed by atoms with Crippen LogP contribution in [0.5, 0.6) is 0 Å². The summed E-state index contributed by atoms with van der Waals surface area (Å²) in [5.41, 5.74) is 2.92. The Morgan fingerprint density at radius 2 is 2.05 bits per heavy atom. The highest BCUT2D eigenvalue weighted by Crippen LogP contribution is 2.51. The van der Waals surface area contributed by atoms with Crippen LogP contribution < -0.4 is 10.6 Å². The van der Waals surface area contributed by atoms with E-state index in [0.717, 1.165) is 45.2 Å². The quantitative estimate of drug-likeness (QED) is 0.395. The summed E-state index contributed by atoms with van der Waals surface area (Å²) in [7, 11) is 2.19. The smallest absolute Gasteiger partial charge is 0.246 e. The van der Waals surface area contributed by atoms with E-state index in [1.165, 1.54) is 30.0 Å². The monoisotopic (exact) mass is 580 g/mol. The van der Waals surface area contributed by atoms with Crippen molar-refractivity contribution in [2.45, 2.75) is 87.4 Å². The van der Waals surface area contributed by atoms with Crippen LogP contribution in [-0.2, 0) is 22.4 Å². The van der Waals surface area contributed by atoms with Crippen LogP contribution in [0.15, 0.2) is 36.9 Å².